The van der Waals surface area contributed by atoms with Gasteiger partial charge in [-0.05, 0) is 0 Å². The Kier molecular flexibility index (Phi) is 3.70. The van der Waals surface area contributed by atoms with Crippen LogP contribution in [0.25, 0.3) is 0 Å². The van der Waals surface area contributed by atoms with E-state index in [2.05, 4.69) is 0 Å². The summed E-state index contributed by atoms with van der Waals surface area (Å²) in [5, 5.41) is 0. The Labute approximate surface area is 74.7 Å². The second-order valence-electron chi connectivity index (χ2n) is 1.84. The molecule has 4 heteroatoms. The van der Waals surface area contributed by atoms with Gasteiger partial charge in [0.2, 0.25) is 12.4 Å². The summed E-state index contributed by atoms with van der Waals surface area (Å²) in [6.07, 6.45) is 2.40. The zero-order valence-electron chi connectivity index (χ0n) is 5.31. The van der Waals surface area contributed by atoms with Crippen molar-refractivity contribution in [3.63, 3.8) is 0 Å². The van der Waals surface area contributed by atoms with E-state index in [1.54, 1.807) is 7.05 Å². The normalized spacial score (nSPS) is 8.70. The predicted octanol–water partition coefficient (Wildman–Crippen LogP) is -2.21. The predicted molar refractivity (Wildman–Crippen MR) is 27.5 cm³/mol. The van der Waals surface area contributed by atoms with Gasteiger partial charge < -0.3 is 24.0 Å². The fourth-order valence-corrected chi connectivity index (χ4v) is 0.633. The third-order valence-electron chi connectivity index (χ3n) is 0.930. The highest BCUT2D eigenvalue weighted by Gasteiger charge is 2.00. The molecule has 0 atom stereocenters. The van der Waals surface area contributed by atoms with Crippen LogP contribution in [0.4, 0.5) is 8.78 Å². The van der Waals surface area contributed by atoms with Crippen molar-refractivity contribution in [2.24, 2.45) is 7.05 Å². The molecule has 1 rings (SSSR count). The number of halogens is 3. The fourth-order valence-electron chi connectivity index (χ4n) is 0.633. The molecule has 0 aliphatic rings. The monoisotopic (exact) mass is 257 g/mol. The van der Waals surface area contributed by atoms with Crippen molar-refractivity contribution in [1.29, 1.82) is 0 Å². The van der Waals surface area contributed by atoms with Crippen molar-refractivity contribution in [2.45, 2.75) is 0 Å². The molecular weight excluding hydrogens is 251 g/mol. The molecule has 0 fully saturated rings. The minimum absolute atomic E-state index is 0. The lowest BCUT2D eigenvalue weighted by Gasteiger charge is -1.86. The first-order valence-corrected chi connectivity index (χ1v) is 2.50. The second kappa shape index (κ2) is 3.80. The van der Waals surface area contributed by atoms with Gasteiger partial charge in [0, 0.05) is 6.07 Å². The molecule has 0 saturated heterocycles. The van der Waals surface area contributed by atoms with E-state index in [-0.39, 0.29) is 24.0 Å². The quantitative estimate of drug-likeness (QED) is 0.366. The molecule has 0 unspecified atom stereocenters. The van der Waals surface area contributed by atoms with Gasteiger partial charge in [-0.25, -0.2) is 13.3 Å². The van der Waals surface area contributed by atoms with Crippen molar-refractivity contribution in [1.82, 2.24) is 0 Å². The average Bonchev–Trinajstić information content (AvgIpc) is 1.59. The van der Waals surface area contributed by atoms with E-state index >= 15 is 0 Å². The maximum absolute atomic E-state index is 12.2. The Hall–Kier alpha value is -0.260. The van der Waals surface area contributed by atoms with Gasteiger partial charge in [0.1, 0.15) is 7.05 Å². The Balaban J connectivity index is 0.000000810. The number of nitrogens with zero attached hydrogens (tertiary/aromatic N) is 1. The summed E-state index contributed by atoms with van der Waals surface area (Å²) in [5.41, 5.74) is 0. The number of aryl methyl sites for hydroxylation is 1. The number of hydrogen-bond acceptors (Lipinski definition) is 0. The molecular formula is C6H6F2IN. The van der Waals surface area contributed by atoms with Crippen molar-refractivity contribution in [3.8, 4) is 0 Å². The third kappa shape index (κ3) is 2.55. The minimum Gasteiger partial charge on any atom is -1.00 e. The molecule has 56 valence electrons. The highest BCUT2D eigenvalue weighted by molar-refractivity contribution is 4.91. The number of aromatic nitrogens is 1. The molecule has 0 aliphatic heterocycles. The zero-order valence-corrected chi connectivity index (χ0v) is 7.47. The molecule has 0 radical (unpaired) electrons. The molecule has 0 amide bonds. The second-order valence-corrected chi connectivity index (χ2v) is 1.84. The van der Waals surface area contributed by atoms with E-state index in [4.69, 9.17) is 0 Å². The van der Waals surface area contributed by atoms with Crippen molar-refractivity contribution in [3.05, 3.63) is 30.1 Å². The van der Waals surface area contributed by atoms with Crippen molar-refractivity contribution in [2.75, 3.05) is 0 Å². The van der Waals surface area contributed by atoms with E-state index in [0.29, 0.717) is 0 Å². The van der Waals surface area contributed by atoms with E-state index in [1.807, 2.05) is 0 Å². The van der Waals surface area contributed by atoms with Gasteiger partial charge in [-0.1, -0.05) is 0 Å². The van der Waals surface area contributed by atoms with Gasteiger partial charge in [0.05, 0.1) is 0 Å². The molecule has 0 aromatic carbocycles. The summed E-state index contributed by atoms with van der Waals surface area (Å²) in [7, 11) is 1.56. The molecule has 0 aliphatic carbocycles. The van der Waals surface area contributed by atoms with Crippen LogP contribution in [-0.4, -0.2) is 0 Å². The van der Waals surface area contributed by atoms with Gasteiger partial charge in [0.15, 0.2) is 11.6 Å². The fraction of sp³-hybridized carbons (Fsp3) is 0.167. The van der Waals surface area contributed by atoms with Crippen LogP contribution in [0.5, 0.6) is 0 Å². The van der Waals surface area contributed by atoms with E-state index < -0.39 is 11.6 Å². The number of pyridine rings is 1. The van der Waals surface area contributed by atoms with Gasteiger partial charge >= 0.3 is 0 Å². The number of hydrogen-bond donors (Lipinski definition) is 0. The summed E-state index contributed by atoms with van der Waals surface area (Å²) in [6, 6.07) is 0.833. The lowest BCUT2D eigenvalue weighted by atomic mass is 10.4. The molecule has 1 aromatic rings. The zero-order chi connectivity index (χ0) is 6.85. The van der Waals surface area contributed by atoms with Crippen LogP contribution in [-0.2, 0) is 7.05 Å². The van der Waals surface area contributed by atoms with Crippen LogP contribution in [0.15, 0.2) is 18.5 Å². The summed E-state index contributed by atoms with van der Waals surface area (Å²) >= 11 is 0. The van der Waals surface area contributed by atoms with E-state index in [0.717, 1.165) is 6.07 Å². The molecule has 1 heterocycles. The Morgan fingerprint density at radius 2 is 1.60 bits per heavy atom. The van der Waals surface area contributed by atoms with Gasteiger partial charge in [-0.2, -0.15) is 0 Å². The van der Waals surface area contributed by atoms with Gasteiger partial charge in [-0.3, -0.25) is 0 Å². The maximum Gasteiger partial charge on any atom is 0.204 e. The molecule has 1 nitrogen and oxygen atoms in total. The summed E-state index contributed by atoms with van der Waals surface area (Å²) in [5.74, 6) is -1.12. The van der Waals surface area contributed by atoms with Crippen LogP contribution < -0.4 is 28.5 Å². The van der Waals surface area contributed by atoms with Crippen LogP contribution in [0.1, 0.15) is 0 Å². The molecule has 10 heavy (non-hydrogen) atoms. The van der Waals surface area contributed by atoms with Crippen LogP contribution in [0.2, 0.25) is 0 Å². The SMILES string of the molecule is C[n+]1cc(F)cc(F)c1.[I-]. The summed E-state index contributed by atoms with van der Waals surface area (Å²) in [6.45, 7) is 0. The Morgan fingerprint density at radius 3 is 1.90 bits per heavy atom. The van der Waals surface area contributed by atoms with Gasteiger partial charge in [-0.15, -0.1) is 0 Å². The highest BCUT2D eigenvalue weighted by Crippen LogP contribution is 1.94. The van der Waals surface area contributed by atoms with Crippen LogP contribution in [0.3, 0.4) is 0 Å². The number of rotatable bonds is 0. The summed E-state index contributed by atoms with van der Waals surface area (Å²) < 4.78 is 25.7. The maximum atomic E-state index is 12.2. The Morgan fingerprint density at radius 1 is 1.20 bits per heavy atom. The van der Waals surface area contributed by atoms with Crippen LogP contribution in [0, 0.1) is 11.6 Å². The lowest BCUT2D eigenvalue weighted by Crippen LogP contribution is -3.00. The summed E-state index contributed by atoms with van der Waals surface area (Å²) in [4.78, 5) is 0. The van der Waals surface area contributed by atoms with Crippen molar-refractivity contribution < 1.29 is 37.3 Å². The van der Waals surface area contributed by atoms with Crippen molar-refractivity contribution >= 4 is 0 Å². The molecule has 0 bridgehead atoms. The first-order valence-electron chi connectivity index (χ1n) is 2.50. The Bertz CT molecular complexity index is 177. The molecule has 0 spiro atoms. The largest absolute Gasteiger partial charge is 1.00 e. The third-order valence-corrected chi connectivity index (χ3v) is 0.930. The first kappa shape index (κ1) is 9.74. The van der Waals surface area contributed by atoms with Crippen LogP contribution >= 0.6 is 0 Å². The minimum atomic E-state index is -0.558. The van der Waals surface area contributed by atoms with Gasteiger partial charge in [0.25, 0.3) is 0 Å². The first-order chi connectivity index (χ1) is 4.18. The molecule has 1 aromatic heterocycles. The lowest BCUT2D eigenvalue weighted by molar-refractivity contribution is -0.674. The standard InChI is InChI=1S/C6H6F2N.HI/c1-9-3-5(7)2-6(8)4-9;/h2-4H,1H3;1H/q+1;/p-1. The highest BCUT2D eigenvalue weighted by atomic mass is 127. The van der Waals surface area contributed by atoms with E-state index in [9.17, 15) is 8.78 Å². The van der Waals surface area contributed by atoms with E-state index in [1.165, 1.54) is 17.0 Å². The average molecular weight is 257 g/mol. The molecule has 0 N–H and O–H groups in total. The smallest absolute Gasteiger partial charge is 0.204 e. The topological polar surface area (TPSA) is 3.88 Å². The molecule has 0 saturated carbocycles.